The average molecular weight is 371 g/mol. The molecule has 3 heterocycles. The number of fused-ring (bicyclic) bond motifs is 1. The molecule has 0 unspecified atom stereocenters. The highest BCUT2D eigenvalue weighted by molar-refractivity contribution is 8.18. The Kier molecular flexibility index (Phi) is 5.21. The van der Waals surface area contributed by atoms with E-state index >= 15 is 0 Å². The molecule has 1 aliphatic heterocycles. The molecule has 0 spiro atoms. The topological polar surface area (TPSA) is 70.1 Å². The van der Waals surface area contributed by atoms with Crippen molar-refractivity contribution in [3.63, 3.8) is 0 Å². The van der Waals surface area contributed by atoms with E-state index in [9.17, 15) is 4.79 Å². The highest BCUT2D eigenvalue weighted by atomic mass is 35.5. The van der Waals surface area contributed by atoms with Crippen LogP contribution < -0.4 is 5.32 Å². The fourth-order valence-corrected chi connectivity index (χ4v) is 3.30. The molecule has 126 valence electrons. The van der Waals surface area contributed by atoms with Crippen LogP contribution in [0.5, 0.6) is 0 Å². The van der Waals surface area contributed by atoms with Gasteiger partial charge in [-0.2, -0.15) is 4.99 Å². The molecule has 0 radical (unpaired) electrons. The normalized spacial score (nSPS) is 15.3. The number of halogens is 1. The molecule has 4 rings (SSSR count). The second kappa shape index (κ2) is 7.55. The van der Waals surface area contributed by atoms with E-state index in [1.807, 2.05) is 54.7 Å². The van der Waals surface area contributed by atoms with Crippen LogP contribution in [0.25, 0.3) is 17.1 Å². The monoisotopic (exact) mass is 370 g/mol. The number of carbonyl (C=O) groups is 1. The number of benzene rings is 1. The van der Waals surface area contributed by atoms with Crippen LogP contribution in [-0.2, 0) is 11.3 Å². The van der Waals surface area contributed by atoms with Crippen LogP contribution in [0.3, 0.4) is 0 Å². The summed E-state index contributed by atoms with van der Waals surface area (Å²) in [7, 11) is 0. The summed E-state index contributed by atoms with van der Waals surface area (Å²) in [5.41, 5.74) is 2.89. The van der Waals surface area contributed by atoms with Gasteiger partial charge in [0.2, 0.25) is 0 Å². The van der Waals surface area contributed by atoms with Gasteiger partial charge in [-0.05, 0) is 35.5 Å². The lowest BCUT2D eigenvalue weighted by molar-refractivity contribution is -0.113. The summed E-state index contributed by atoms with van der Waals surface area (Å²) in [6.07, 6.45) is 5.45. The first kappa shape index (κ1) is 17.3. The highest BCUT2D eigenvalue weighted by Gasteiger charge is 2.22. The zero-order valence-electron chi connectivity index (χ0n) is 13.1. The quantitative estimate of drug-likeness (QED) is 0.689. The van der Waals surface area contributed by atoms with Gasteiger partial charge in [0, 0.05) is 29.9 Å². The molecule has 0 saturated heterocycles. The molecule has 2 N–H and O–H groups in total. The fraction of sp³-hybridized carbons (Fsp3) is 0.0556. The Hall–Kier alpha value is -2.57. The second-order valence-corrected chi connectivity index (χ2v) is 6.35. The summed E-state index contributed by atoms with van der Waals surface area (Å²) in [4.78, 5) is 24.2. The van der Waals surface area contributed by atoms with Gasteiger partial charge in [-0.1, -0.05) is 30.3 Å². The molecule has 7 heteroatoms. The molecule has 0 aliphatic carbocycles. The third-order valence-electron chi connectivity index (χ3n) is 3.68. The minimum atomic E-state index is -0.214. The lowest BCUT2D eigenvalue weighted by Crippen LogP contribution is -2.17. The molecule has 1 aliphatic rings. The van der Waals surface area contributed by atoms with Crippen molar-refractivity contribution in [1.82, 2.24) is 15.3 Å². The van der Waals surface area contributed by atoms with Crippen LogP contribution in [0.2, 0.25) is 0 Å². The number of hydrogen-bond acceptors (Lipinski definition) is 4. The Morgan fingerprint density at radius 1 is 1.16 bits per heavy atom. The first-order valence-corrected chi connectivity index (χ1v) is 8.34. The summed E-state index contributed by atoms with van der Waals surface area (Å²) in [6, 6.07) is 13.9. The van der Waals surface area contributed by atoms with Gasteiger partial charge in [0.05, 0.1) is 4.91 Å². The number of rotatable bonds is 3. The Balaban J connectivity index is 0.00000182. The predicted molar refractivity (Wildman–Crippen MR) is 105 cm³/mol. The Labute approximate surface area is 155 Å². The first-order valence-electron chi connectivity index (χ1n) is 7.52. The Morgan fingerprint density at radius 2 is 2.00 bits per heavy atom. The van der Waals surface area contributed by atoms with Crippen molar-refractivity contribution in [2.75, 3.05) is 0 Å². The number of pyridine rings is 1. The van der Waals surface area contributed by atoms with Crippen molar-refractivity contribution in [3.05, 3.63) is 70.9 Å². The molecule has 25 heavy (non-hydrogen) atoms. The predicted octanol–water partition coefficient (Wildman–Crippen LogP) is 3.74. The number of nitrogens with zero attached hydrogens (tertiary/aromatic N) is 2. The smallest absolute Gasteiger partial charge is 0.286 e. The molecule has 0 saturated carbocycles. The standard InChI is InChI=1S/C18H14N4OS.ClH/c23-17-15(9-13-11-20-16-14(13)7-4-8-19-16)24-18(22-17)21-10-12-5-2-1-3-6-12;/h1-9,11H,10H2,(H,19,20)(H,21,22,23);1H. The number of carbonyl (C=O) groups excluding carboxylic acids is 1. The molecule has 0 fully saturated rings. The molecule has 1 amide bonds. The summed E-state index contributed by atoms with van der Waals surface area (Å²) in [5.74, 6) is -0.214. The minimum absolute atomic E-state index is 0. The van der Waals surface area contributed by atoms with Crippen LogP contribution in [0.15, 0.2) is 64.8 Å². The SMILES string of the molecule is Cl.O=C1N=C(NCc2ccccc2)SC1=Cc1c[nH]c2ncccc12. The third-order valence-corrected chi connectivity index (χ3v) is 4.62. The maximum Gasteiger partial charge on any atom is 0.286 e. The Bertz CT molecular complexity index is 965. The number of aromatic nitrogens is 2. The molecule has 0 atom stereocenters. The van der Waals surface area contributed by atoms with Gasteiger partial charge in [0.15, 0.2) is 5.17 Å². The molecule has 5 nitrogen and oxygen atoms in total. The number of aliphatic imine (C=N–C) groups is 1. The van der Waals surface area contributed by atoms with Crippen molar-refractivity contribution >= 4 is 52.4 Å². The molecular weight excluding hydrogens is 356 g/mol. The van der Waals surface area contributed by atoms with E-state index in [4.69, 9.17) is 0 Å². The van der Waals surface area contributed by atoms with Gasteiger partial charge in [-0.3, -0.25) is 4.79 Å². The van der Waals surface area contributed by atoms with Crippen molar-refractivity contribution < 1.29 is 4.79 Å². The van der Waals surface area contributed by atoms with E-state index < -0.39 is 0 Å². The average Bonchev–Trinajstić information content (AvgIpc) is 3.18. The summed E-state index contributed by atoms with van der Waals surface area (Å²) in [5, 5.41) is 4.83. The maximum absolute atomic E-state index is 12.1. The van der Waals surface area contributed by atoms with Crippen LogP contribution in [0, 0.1) is 0 Å². The third kappa shape index (κ3) is 3.75. The lowest BCUT2D eigenvalue weighted by atomic mass is 10.2. The first-order chi connectivity index (χ1) is 11.8. The number of nitrogens with one attached hydrogen (secondary N) is 2. The fourth-order valence-electron chi connectivity index (χ4n) is 2.50. The van der Waals surface area contributed by atoms with Gasteiger partial charge in [0.25, 0.3) is 5.91 Å². The number of aromatic amines is 1. The zero-order chi connectivity index (χ0) is 16.4. The second-order valence-electron chi connectivity index (χ2n) is 5.32. The van der Waals surface area contributed by atoms with Crippen molar-refractivity contribution in [2.24, 2.45) is 4.99 Å². The van der Waals surface area contributed by atoms with E-state index in [-0.39, 0.29) is 18.3 Å². The highest BCUT2D eigenvalue weighted by Crippen LogP contribution is 2.29. The van der Waals surface area contributed by atoms with Gasteiger partial charge in [0.1, 0.15) is 5.65 Å². The van der Waals surface area contributed by atoms with E-state index in [0.29, 0.717) is 16.6 Å². The number of amides is 1. The van der Waals surface area contributed by atoms with Crippen LogP contribution in [0.4, 0.5) is 0 Å². The van der Waals surface area contributed by atoms with Gasteiger partial charge in [-0.25, -0.2) is 4.98 Å². The molecule has 1 aromatic carbocycles. The maximum atomic E-state index is 12.1. The van der Waals surface area contributed by atoms with Crippen molar-refractivity contribution in [3.8, 4) is 0 Å². The van der Waals surface area contributed by atoms with Crippen LogP contribution in [-0.4, -0.2) is 21.0 Å². The molecule has 0 bridgehead atoms. The van der Waals surface area contributed by atoms with E-state index in [1.54, 1.807) is 6.20 Å². The largest absolute Gasteiger partial charge is 0.360 e. The van der Waals surface area contributed by atoms with Crippen molar-refractivity contribution in [1.29, 1.82) is 0 Å². The van der Waals surface area contributed by atoms with E-state index in [2.05, 4.69) is 20.3 Å². The number of H-pyrrole nitrogens is 1. The minimum Gasteiger partial charge on any atom is -0.360 e. The Morgan fingerprint density at radius 3 is 2.84 bits per heavy atom. The van der Waals surface area contributed by atoms with Gasteiger partial charge < -0.3 is 10.3 Å². The molecular formula is C18H15ClN4OS. The number of amidine groups is 1. The molecule has 3 aromatic rings. The van der Waals surface area contributed by atoms with E-state index in [0.717, 1.165) is 22.2 Å². The number of hydrogen-bond donors (Lipinski definition) is 2. The number of thioether (sulfide) groups is 1. The van der Waals surface area contributed by atoms with Crippen LogP contribution >= 0.6 is 24.2 Å². The lowest BCUT2D eigenvalue weighted by Gasteiger charge is -2.04. The van der Waals surface area contributed by atoms with Crippen molar-refractivity contribution in [2.45, 2.75) is 6.54 Å². The molecule has 2 aromatic heterocycles. The summed E-state index contributed by atoms with van der Waals surface area (Å²) >= 11 is 1.36. The van der Waals surface area contributed by atoms with Gasteiger partial charge >= 0.3 is 0 Å². The summed E-state index contributed by atoms with van der Waals surface area (Å²) in [6.45, 7) is 0.643. The van der Waals surface area contributed by atoms with Gasteiger partial charge in [-0.15, -0.1) is 12.4 Å². The summed E-state index contributed by atoms with van der Waals surface area (Å²) < 4.78 is 0. The zero-order valence-corrected chi connectivity index (χ0v) is 14.7. The van der Waals surface area contributed by atoms with E-state index in [1.165, 1.54) is 11.8 Å². The van der Waals surface area contributed by atoms with Crippen LogP contribution in [0.1, 0.15) is 11.1 Å².